The number of benzene rings is 2. The van der Waals surface area contributed by atoms with E-state index < -0.39 is 17.1 Å². The third-order valence-corrected chi connectivity index (χ3v) is 8.34. The number of thioether (sulfide) groups is 1. The molecule has 0 spiro atoms. The predicted octanol–water partition coefficient (Wildman–Crippen LogP) is 3.08. The summed E-state index contributed by atoms with van der Waals surface area (Å²) in [6.45, 7) is -0.188. The molecule has 5 rings (SSSR count). The molecule has 32 heavy (non-hydrogen) atoms. The first-order valence-electron chi connectivity index (χ1n) is 9.77. The molecular weight excluding hydrogens is 470 g/mol. The van der Waals surface area contributed by atoms with Gasteiger partial charge in [-0.05, 0) is 29.8 Å². The van der Waals surface area contributed by atoms with E-state index in [4.69, 9.17) is 11.6 Å². The second-order valence-electron chi connectivity index (χ2n) is 7.48. The Bertz CT molecular complexity index is 1290. The molecule has 2 aliphatic rings. The summed E-state index contributed by atoms with van der Waals surface area (Å²) in [5, 5.41) is 5.61. The summed E-state index contributed by atoms with van der Waals surface area (Å²) in [5.74, 6) is -2.19. The number of thiazole rings is 1. The standard InChI is InChI=1S/C22H16ClN3O4S2/c23-12-8-6-11(7-9-12)15-16-17(20(29)25-19(16)28)31-21-18(15)32-22(30)26(21)10-14(27)24-13-4-2-1-3-5-13/h1-9,15-17H,10H2,(H,24,27)(H,25,28,29)/t15-,16?,17?/m0/s1. The Morgan fingerprint density at radius 1 is 1.03 bits per heavy atom. The smallest absolute Gasteiger partial charge is 0.308 e. The molecule has 3 heterocycles. The molecule has 2 N–H and O–H groups in total. The number of anilines is 1. The minimum atomic E-state index is -0.673. The number of halogens is 1. The van der Waals surface area contributed by atoms with Gasteiger partial charge in [0.1, 0.15) is 11.8 Å². The Morgan fingerprint density at radius 3 is 2.47 bits per heavy atom. The zero-order valence-corrected chi connectivity index (χ0v) is 18.8. The van der Waals surface area contributed by atoms with E-state index in [0.29, 0.717) is 20.6 Å². The molecule has 0 aliphatic carbocycles. The largest absolute Gasteiger partial charge is 0.325 e. The normalized spacial score (nSPS) is 21.6. The highest BCUT2D eigenvalue weighted by Crippen LogP contribution is 2.51. The molecule has 162 valence electrons. The highest BCUT2D eigenvalue weighted by atomic mass is 35.5. The van der Waals surface area contributed by atoms with E-state index in [-0.39, 0.29) is 29.1 Å². The maximum Gasteiger partial charge on any atom is 0.308 e. The van der Waals surface area contributed by atoms with Crippen LogP contribution in [0.5, 0.6) is 0 Å². The first-order valence-corrected chi connectivity index (χ1v) is 11.8. The zero-order valence-electron chi connectivity index (χ0n) is 16.4. The SMILES string of the molecule is O=C(Cn1c2c(sc1=O)[C@@H](c1ccc(Cl)cc1)C1C(=O)NC(=O)C1S2)Nc1ccccc1. The van der Waals surface area contributed by atoms with Crippen molar-refractivity contribution in [2.75, 3.05) is 5.32 Å². The van der Waals surface area contributed by atoms with Crippen LogP contribution in [0, 0.1) is 5.92 Å². The average Bonchev–Trinajstić information content (AvgIpc) is 3.23. The van der Waals surface area contributed by atoms with Gasteiger partial charge in [0.15, 0.2) is 0 Å². The molecule has 2 unspecified atom stereocenters. The molecule has 3 amide bonds. The Morgan fingerprint density at radius 2 is 1.75 bits per heavy atom. The number of nitrogens with one attached hydrogen (secondary N) is 2. The van der Waals surface area contributed by atoms with Gasteiger partial charge in [0.05, 0.1) is 10.9 Å². The molecular formula is C22H16ClN3O4S2. The van der Waals surface area contributed by atoms with Crippen LogP contribution in [0.4, 0.5) is 5.69 Å². The monoisotopic (exact) mass is 485 g/mol. The molecule has 0 bridgehead atoms. The lowest BCUT2D eigenvalue weighted by atomic mass is 9.83. The van der Waals surface area contributed by atoms with Crippen molar-refractivity contribution in [3.63, 3.8) is 0 Å². The number of hydrogen-bond donors (Lipinski definition) is 2. The fraction of sp³-hybridized carbons (Fsp3) is 0.182. The predicted molar refractivity (Wildman–Crippen MR) is 123 cm³/mol. The molecule has 1 fully saturated rings. The van der Waals surface area contributed by atoms with Crippen molar-refractivity contribution < 1.29 is 14.4 Å². The van der Waals surface area contributed by atoms with Crippen LogP contribution in [0.1, 0.15) is 16.4 Å². The fourth-order valence-electron chi connectivity index (χ4n) is 4.07. The lowest BCUT2D eigenvalue weighted by Gasteiger charge is -2.30. The maximum absolute atomic E-state index is 12.9. The van der Waals surface area contributed by atoms with Gasteiger partial charge in [-0.2, -0.15) is 0 Å². The summed E-state index contributed by atoms with van der Waals surface area (Å²) in [6, 6.07) is 16.0. The van der Waals surface area contributed by atoms with Gasteiger partial charge in [0.2, 0.25) is 17.7 Å². The fourth-order valence-corrected chi connectivity index (χ4v) is 6.94. The summed E-state index contributed by atoms with van der Waals surface area (Å²) in [7, 11) is 0. The van der Waals surface area contributed by atoms with Crippen LogP contribution in [-0.4, -0.2) is 27.5 Å². The van der Waals surface area contributed by atoms with Crippen molar-refractivity contribution in [1.82, 2.24) is 9.88 Å². The average molecular weight is 486 g/mol. The van der Waals surface area contributed by atoms with Gasteiger partial charge < -0.3 is 5.32 Å². The minimum Gasteiger partial charge on any atom is -0.325 e. The van der Waals surface area contributed by atoms with E-state index >= 15 is 0 Å². The number of amides is 3. The van der Waals surface area contributed by atoms with Crippen molar-refractivity contribution in [2.24, 2.45) is 5.92 Å². The summed E-state index contributed by atoms with van der Waals surface area (Å²) in [4.78, 5) is 51.0. The van der Waals surface area contributed by atoms with E-state index in [1.807, 2.05) is 6.07 Å². The van der Waals surface area contributed by atoms with E-state index in [9.17, 15) is 19.2 Å². The molecule has 0 saturated carbocycles. The number of carbonyl (C=O) groups is 3. The van der Waals surface area contributed by atoms with Crippen molar-refractivity contribution in [3.05, 3.63) is 79.7 Å². The van der Waals surface area contributed by atoms with Crippen molar-refractivity contribution >= 4 is 58.1 Å². The van der Waals surface area contributed by atoms with E-state index in [1.54, 1.807) is 48.5 Å². The lowest BCUT2D eigenvalue weighted by molar-refractivity contribution is -0.126. The number of aromatic nitrogens is 1. The Kier molecular flexibility index (Phi) is 5.40. The van der Waals surface area contributed by atoms with Crippen molar-refractivity contribution in [2.45, 2.75) is 22.7 Å². The second-order valence-corrected chi connectivity index (χ2v) is 10.0. The van der Waals surface area contributed by atoms with Gasteiger partial charge in [-0.25, -0.2) is 0 Å². The van der Waals surface area contributed by atoms with Gasteiger partial charge in [0.25, 0.3) is 0 Å². The number of rotatable bonds is 4. The molecule has 10 heteroatoms. The first kappa shape index (κ1) is 21.0. The topological polar surface area (TPSA) is 97.3 Å². The molecule has 0 radical (unpaired) electrons. The molecule has 3 atom stereocenters. The van der Waals surface area contributed by atoms with Gasteiger partial charge in [-0.3, -0.25) is 29.1 Å². The number of nitrogens with zero attached hydrogens (tertiary/aromatic N) is 1. The van der Waals surface area contributed by atoms with E-state index in [0.717, 1.165) is 16.9 Å². The summed E-state index contributed by atoms with van der Waals surface area (Å²) < 4.78 is 1.39. The van der Waals surface area contributed by atoms with E-state index in [2.05, 4.69) is 10.6 Å². The molecule has 1 saturated heterocycles. The number of hydrogen-bond acceptors (Lipinski definition) is 6. The van der Waals surface area contributed by atoms with Crippen LogP contribution < -0.4 is 15.5 Å². The first-order chi connectivity index (χ1) is 15.4. The number of imide groups is 1. The van der Waals surface area contributed by atoms with Gasteiger partial charge in [0, 0.05) is 21.5 Å². The second kappa shape index (κ2) is 8.23. The van der Waals surface area contributed by atoms with Crippen molar-refractivity contribution in [3.8, 4) is 0 Å². The summed E-state index contributed by atoms with van der Waals surface area (Å²) >= 11 is 8.21. The minimum absolute atomic E-state index is 0.188. The van der Waals surface area contributed by atoms with Crippen LogP contribution in [0.15, 0.2) is 64.4 Å². The molecule has 2 aromatic carbocycles. The van der Waals surface area contributed by atoms with Crippen LogP contribution in [0.2, 0.25) is 5.02 Å². The molecule has 1 aromatic heterocycles. The Balaban J connectivity index is 1.54. The number of carbonyl (C=O) groups excluding carboxylic acids is 3. The Labute approximate surface area is 195 Å². The van der Waals surface area contributed by atoms with Gasteiger partial charge >= 0.3 is 4.87 Å². The maximum atomic E-state index is 12.9. The molecule has 7 nitrogen and oxygen atoms in total. The third-order valence-electron chi connectivity index (χ3n) is 5.48. The zero-order chi connectivity index (χ0) is 22.4. The summed E-state index contributed by atoms with van der Waals surface area (Å²) in [6.07, 6.45) is 0. The highest BCUT2D eigenvalue weighted by molar-refractivity contribution is 8.00. The van der Waals surface area contributed by atoms with Crippen molar-refractivity contribution in [1.29, 1.82) is 0 Å². The highest BCUT2D eigenvalue weighted by Gasteiger charge is 2.52. The van der Waals surface area contributed by atoms with Crippen LogP contribution in [0.25, 0.3) is 0 Å². The summed E-state index contributed by atoms with van der Waals surface area (Å²) in [5.41, 5.74) is 1.42. The Hall–Kier alpha value is -2.88. The number of fused-ring (bicyclic) bond motifs is 2. The molecule has 3 aromatic rings. The number of para-hydroxylation sites is 1. The third kappa shape index (κ3) is 3.66. The quantitative estimate of drug-likeness (QED) is 0.553. The van der Waals surface area contributed by atoms with Crippen LogP contribution in [-0.2, 0) is 20.9 Å². The van der Waals surface area contributed by atoms with Crippen LogP contribution in [0.3, 0.4) is 0 Å². The van der Waals surface area contributed by atoms with Gasteiger partial charge in [-0.1, -0.05) is 65.0 Å². The van der Waals surface area contributed by atoms with Gasteiger partial charge in [-0.15, -0.1) is 0 Å². The lowest BCUT2D eigenvalue weighted by Crippen LogP contribution is -2.32. The van der Waals surface area contributed by atoms with E-state index in [1.165, 1.54) is 16.3 Å². The molecule has 2 aliphatic heterocycles. The van der Waals surface area contributed by atoms with Crippen LogP contribution >= 0.6 is 34.7 Å².